The Hall–Kier alpha value is -3.41. The first-order valence-corrected chi connectivity index (χ1v) is 9.41. The third-order valence-electron chi connectivity index (χ3n) is 4.55. The Labute approximate surface area is 174 Å². The number of aryl methyl sites for hydroxylation is 1. The fraction of sp³-hybridized carbons (Fsp3) is 0.368. The van der Waals surface area contributed by atoms with Crippen molar-refractivity contribution in [2.45, 2.75) is 44.5 Å². The number of halogens is 3. The molecule has 9 nitrogen and oxygen atoms in total. The van der Waals surface area contributed by atoms with Crippen molar-refractivity contribution in [1.29, 1.82) is 0 Å². The Balaban J connectivity index is 0.000000339. The summed E-state index contributed by atoms with van der Waals surface area (Å²) in [6, 6.07) is 7.98. The van der Waals surface area contributed by atoms with Crippen LogP contribution in [0.3, 0.4) is 0 Å². The van der Waals surface area contributed by atoms with Crippen LogP contribution in [0.25, 0.3) is 10.9 Å². The van der Waals surface area contributed by atoms with E-state index in [9.17, 15) is 18.3 Å². The lowest BCUT2D eigenvalue weighted by Crippen LogP contribution is -2.21. The number of anilines is 3. The van der Waals surface area contributed by atoms with Crippen molar-refractivity contribution < 1.29 is 28.2 Å². The predicted octanol–water partition coefficient (Wildman–Crippen LogP) is 3.36. The molecule has 1 saturated carbocycles. The normalized spacial score (nSPS) is 18.4. The minimum Gasteiger partial charge on any atom is -0.475 e. The van der Waals surface area contributed by atoms with Crippen LogP contribution < -0.4 is 10.6 Å². The maximum absolute atomic E-state index is 10.6. The number of alkyl halides is 3. The largest absolute Gasteiger partial charge is 0.490 e. The summed E-state index contributed by atoms with van der Waals surface area (Å²) >= 11 is 0. The topological polar surface area (TPSA) is 136 Å². The Kier molecular flexibility index (Phi) is 6.59. The number of nitrogens with zero attached hydrogens (tertiary/aromatic N) is 3. The minimum absolute atomic E-state index is 0.222. The molecule has 0 aliphatic heterocycles. The quantitative estimate of drug-likeness (QED) is 0.418. The number of fused-ring (bicyclic) bond motifs is 1. The van der Waals surface area contributed by atoms with E-state index in [1.165, 1.54) is 0 Å². The maximum Gasteiger partial charge on any atom is 0.490 e. The number of hydrogen-bond donors (Lipinski definition) is 5. The molecule has 1 aliphatic rings. The van der Waals surface area contributed by atoms with Gasteiger partial charge in [-0.25, -0.2) is 9.78 Å². The first-order chi connectivity index (χ1) is 14.6. The molecule has 1 fully saturated rings. The van der Waals surface area contributed by atoms with E-state index < -0.39 is 12.1 Å². The molecule has 2 atom stereocenters. The number of rotatable bonds is 4. The molecule has 166 valence electrons. The van der Waals surface area contributed by atoms with E-state index in [1.807, 2.05) is 31.2 Å². The van der Waals surface area contributed by atoms with Gasteiger partial charge in [0.1, 0.15) is 11.6 Å². The lowest BCUT2D eigenvalue weighted by atomic mass is 10.2. The van der Waals surface area contributed by atoms with Crippen molar-refractivity contribution in [2.75, 3.05) is 10.6 Å². The summed E-state index contributed by atoms with van der Waals surface area (Å²) in [5.74, 6) is -0.562. The second-order valence-corrected chi connectivity index (χ2v) is 7.10. The average molecular weight is 438 g/mol. The van der Waals surface area contributed by atoms with Gasteiger partial charge in [-0.2, -0.15) is 18.3 Å². The molecule has 0 bridgehead atoms. The van der Waals surface area contributed by atoms with Crippen molar-refractivity contribution in [1.82, 2.24) is 20.2 Å². The third-order valence-corrected chi connectivity index (χ3v) is 4.55. The summed E-state index contributed by atoms with van der Waals surface area (Å²) in [5, 5.41) is 31.6. The Morgan fingerprint density at radius 3 is 2.58 bits per heavy atom. The average Bonchev–Trinajstić information content (AvgIpc) is 3.29. The van der Waals surface area contributed by atoms with Crippen molar-refractivity contribution in [2.24, 2.45) is 0 Å². The van der Waals surface area contributed by atoms with Crippen LogP contribution in [-0.4, -0.2) is 54.7 Å². The van der Waals surface area contributed by atoms with Crippen LogP contribution in [0.2, 0.25) is 0 Å². The van der Waals surface area contributed by atoms with Crippen LogP contribution in [-0.2, 0) is 4.79 Å². The van der Waals surface area contributed by atoms with E-state index >= 15 is 0 Å². The summed E-state index contributed by atoms with van der Waals surface area (Å²) in [6.45, 7) is 1.95. The van der Waals surface area contributed by atoms with Gasteiger partial charge in [0, 0.05) is 35.5 Å². The standard InChI is InChI=1S/C17H20N6O.C2HF3O2/c1-10-7-16(23-22-10)20-15-9-14-13(3-2-6-18-14)17(21-15)19-11-4-5-12(24)8-11;3-2(4,5)1(6)7/h2-3,6-7,9,11-12,24H,4-5,8H2,1H3,(H3,19,20,21,22,23);(H,6,7). The predicted molar refractivity (Wildman–Crippen MR) is 107 cm³/mol. The maximum atomic E-state index is 10.6. The number of nitrogens with one attached hydrogen (secondary N) is 3. The van der Waals surface area contributed by atoms with Crippen molar-refractivity contribution in [3.05, 3.63) is 36.2 Å². The van der Waals surface area contributed by atoms with Gasteiger partial charge in [-0.3, -0.25) is 10.1 Å². The van der Waals surface area contributed by atoms with Crippen LogP contribution in [0.1, 0.15) is 25.0 Å². The Morgan fingerprint density at radius 2 is 2.00 bits per heavy atom. The summed E-state index contributed by atoms with van der Waals surface area (Å²) in [4.78, 5) is 18.0. The smallest absolute Gasteiger partial charge is 0.475 e. The number of aliphatic hydroxyl groups excluding tert-OH is 1. The summed E-state index contributed by atoms with van der Waals surface area (Å²) in [6.07, 6.45) is -1.01. The number of carboxylic acid groups (broad SMARTS) is 1. The molecule has 3 aromatic rings. The van der Waals surface area contributed by atoms with Gasteiger partial charge in [0.05, 0.1) is 11.6 Å². The van der Waals surface area contributed by atoms with Crippen LogP contribution >= 0.6 is 0 Å². The number of aromatic nitrogens is 4. The summed E-state index contributed by atoms with van der Waals surface area (Å²) in [5.41, 5.74) is 1.85. The molecule has 4 rings (SSSR count). The number of pyridine rings is 2. The van der Waals surface area contributed by atoms with Crippen LogP contribution in [0.5, 0.6) is 0 Å². The lowest BCUT2D eigenvalue weighted by molar-refractivity contribution is -0.192. The fourth-order valence-electron chi connectivity index (χ4n) is 3.14. The molecule has 0 spiro atoms. The molecular formula is C19H21F3N6O3. The highest BCUT2D eigenvalue weighted by Gasteiger charge is 2.38. The van der Waals surface area contributed by atoms with Crippen LogP contribution in [0, 0.1) is 6.92 Å². The van der Waals surface area contributed by atoms with Gasteiger partial charge < -0.3 is 20.8 Å². The number of aliphatic carboxylic acids is 1. The van der Waals surface area contributed by atoms with Crippen LogP contribution in [0.15, 0.2) is 30.5 Å². The van der Waals surface area contributed by atoms with Gasteiger partial charge in [-0.15, -0.1) is 0 Å². The molecule has 5 N–H and O–H groups in total. The molecule has 2 unspecified atom stereocenters. The zero-order chi connectivity index (χ0) is 22.6. The molecule has 31 heavy (non-hydrogen) atoms. The molecule has 0 aromatic carbocycles. The lowest BCUT2D eigenvalue weighted by Gasteiger charge is -2.16. The SMILES string of the molecule is Cc1cc(Nc2cc3ncccc3c(NC3CCC(O)C3)n2)n[nH]1.O=C(O)C(F)(F)F. The number of aliphatic hydroxyl groups is 1. The number of hydrogen-bond acceptors (Lipinski definition) is 7. The molecule has 1 aliphatic carbocycles. The van der Waals surface area contributed by atoms with Crippen LogP contribution in [0.4, 0.5) is 30.6 Å². The third kappa shape index (κ3) is 6.04. The Bertz CT molecular complexity index is 1060. The number of H-pyrrole nitrogens is 1. The monoisotopic (exact) mass is 438 g/mol. The minimum atomic E-state index is -5.08. The molecule has 3 heterocycles. The van der Waals surface area contributed by atoms with E-state index in [2.05, 4.69) is 25.8 Å². The van der Waals surface area contributed by atoms with Gasteiger partial charge >= 0.3 is 12.1 Å². The highest BCUT2D eigenvalue weighted by molar-refractivity contribution is 5.91. The van der Waals surface area contributed by atoms with Gasteiger partial charge in [-0.1, -0.05) is 0 Å². The highest BCUT2D eigenvalue weighted by Crippen LogP contribution is 2.28. The molecule has 0 saturated heterocycles. The zero-order valence-corrected chi connectivity index (χ0v) is 16.4. The molecule has 0 radical (unpaired) electrons. The van der Waals surface area contributed by atoms with E-state index in [0.29, 0.717) is 5.82 Å². The van der Waals surface area contributed by atoms with Crippen molar-refractivity contribution in [3.63, 3.8) is 0 Å². The number of carbonyl (C=O) groups is 1. The molecule has 3 aromatic heterocycles. The number of carboxylic acids is 1. The number of aromatic amines is 1. The van der Waals surface area contributed by atoms with E-state index in [-0.39, 0.29) is 12.1 Å². The van der Waals surface area contributed by atoms with E-state index in [4.69, 9.17) is 14.9 Å². The van der Waals surface area contributed by atoms with Crippen molar-refractivity contribution in [3.8, 4) is 0 Å². The first kappa shape index (κ1) is 22.3. The Morgan fingerprint density at radius 1 is 1.26 bits per heavy atom. The zero-order valence-electron chi connectivity index (χ0n) is 16.4. The van der Waals surface area contributed by atoms with E-state index in [0.717, 1.165) is 47.5 Å². The van der Waals surface area contributed by atoms with Crippen molar-refractivity contribution >= 4 is 34.3 Å². The molecular weight excluding hydrogens is 417 g/mol. The molecule has 12 heteroatoms. The second-order valence-electron chi connectivity index (χ2n) is 7.10. The van der Waals surface area contributed by atoms with Gasteiger partial charge in [0.25, 0.3) is 0 Å². The fourth-order valence-corrected chi connectivity index (χ4v) is 3.14. The second kappa shape index (κ2) is 9.16. The van der Waals surface area contributed by atoms with E-state index in [1.54, 1.807) is 6.20 Å². The summed E-state index contributed by atoms with van der Waals surface area (Å²) in [7, 11) is 0. The molecule has 0 amide bonds. The first-order valence-electron chi connectivity index (χ1n) is 9.41. The van der Waals surface area contributed by atoms with Gasteiger partial charge in [0.2, 0.25) is 0 Å². The van der Waals surface area contributed by atoms with Gasteiger partial charge in [-0.05, 0) is 38.3 Å². The highest BCUT2D eigenvalue weighted by atomic mass is 19.4. The van der Waals surface area contributed by atoms with Gasteiger partial charge in [0.15, 0.2) is 5.82 Å². The summed E-state index contributed by atoms with van der Waals surface area (Å²) < 4.78 is 31.7.